The summed E-state index contributed by atoms with van der Waals surface area (Å²) in [4.78, 5) is 1.64. The third-order valence-corrected chi connectivity index (χ3v) is 5.67. The van der Waals surface area contributed by atoms with E-state index in [1.54, 1.807) is 18.2 Å². The number of ether oxygens (including phenoxy) is 2. The van der Waals surface area contributed by atoms with Crippen molar-refractivity contribution >= 4 is 26.0 Å². The van der Waals surface area contributed by atoms with Crippen LogP contribution >= 0.6 is 15.9 Å². The van der Waals surface area contributed by atoms with Crippen molar-refractivity contribution in [2.75, 3.05) is 46.0 Å². The van der Waals surface area contributed by atoms with Gasteiger partial charge in [0.1, 0.15) is 23.7 Å². The van der Waals surface area contributed by atoms with Crippen LogP contribution in [0.25, 0.3) is 0 Å². The molecule has 1 fully saturated rings. The number of nitrogens with one attached hydrogen (secondary N) is 2. The van der Waals surface area contributed by atoms with Crippen LogP contribution in [0.4, 0.5) is 0 Å². The smallest absolute Gasteiger partial charge is 0.244 e. The van der Waals surface area contributed by atoms with Gasteiger partial charge >= 0.3 is 0 Å². The van der Waals surface area contributed by atoms with E-state index >= 15 is 0 Å². The van der Waals surface area contributed by atoms with Crippen molar-refractivity contribution in [3.05, 3.63) is 22.7 Å². The number of morpholine rings is 1. The SMILES string of the molecule is CCOc1ccc(Br)cc1S(=O)(=O)NCCC[NH+]1CCOCC1. The first-order chi connectivity index (χ1) is 11.0. The van der Waals surface area contributed by atoms with Gasteiger partial charge < -0.3 is 14.4 Å². The average Bonchev–Trinajstić information content (AvgIpc) is 2.54. The largest absolute Gasteiger partial charge is 0.492 e. The molecule has 130 valence electrons. The van der Waals surface area contributed by atoms with Crippen molar-refractivity contribution in [3.63, 3.8) is 0 Å². The summed E-state index contributed by atoms with van der Waals surface area (Å²) in [6.07, 6.45) is 0.798. The summed E-state index contributed by atoms with van der Waals surface area (Å²) in [5.41, 5.74) is 0. The zero-order chi connectivity index (χ0) is 16.7. The lowest BCUT2D eigenvalue weighted by atomic mass is 10.3. The Labute approximate surface area is 146 Å². The van der Waals surface area contributed by atoms with Crippen LogP contribution in [0.2, 0.25) is 0 Å². The summed E-state index contributed by atoms with van der Waals surface area (Å²) in [6.45, 7) is 7.18. The minimum Gasteiger partial charge on any atom is -0.492 e. The van der Waals surface area contributed by atoms with Crippen molar-refractivity contribution in [1.82, 2.24) is 4.72 Å². The molecule has 0 amide bonds. The van der Waals surface area contributed by atoms with Gasteiger partial charge in [0.2, 0.25) is 10.0 Å². The second kappa shape index (κ2) is 8.98. The number of quaternary nitrogens is 1. The molecule has 0 bridgehead atoms. The highest BCUT2D eigenvalue weighted by atomic mass is 79.9. The lowest BCUT2D eigenvalue weighted by Crippen LogP contribution is -3.14. The molecule has 8 heteroatoms. The Hall–Kier alpha value is -0.670. The number of halogens is 1. The molecular weight excluding hydrogens is 384 g/mol. The van der Waals surface area contributed by atoms with Gasteiger partial charge in [-0.25, -0.2) is 13.1 Å². The molecule has 1 aromatic rings. The monoisotopic (exact) mass is 407 g/mol. The van der Waals surface area contributed by atoms with E-state index in [-0.39, 0.29) is 4.90 Å². The fraction of sp³-hybridized carbons (Fsp3) is 0.600. The number of sulfonamides is 1. The Bertz CT molecular complexity index is 603. The van der Waals surface area contributed by atoms with Gasteiger partial charge in [-0.1, -0.05) is 15.9 Å². The molecule has 2 rings (SSSR count). The van der Waals surface area contributed by atoms with Crippen LogP contribution in [0.3, 0.4) is 0 Å². The number of benzene rings is 1. The van der Waals surface area contributed by atoms with Crippen molar-refractivity contribution in [3.8, 4) is 5.75 Å². The van der Waals surface area contributed by atoms with E-state index in [1.165, 1.54) is 4.90 Å². The molecule has 0 spiro atoms. The van der Waals surface area contributed by atoms with E-state index in [1.807, 2.05) is 6.92 Å². The van der Waals surface area contributed by atoms with Crippen LogP contribution in [-0.4, -0.2) is 54.4 Å². The fourth-order valence-corrected chi connectivity index (χ4v) is 4.25. The Morgan fingerprint density at radius 3 is 2.78 bits per heavy atom. The minimum atomic E-state index is -3.58. The summed E-state index contributed by atoms with van der Waals surface area (Å²) < 4.78 is 39.1. The number of rotatable bonds is 8. The second-order valence-electron chi connectivity index (χ2n) is 5.39. The van der Waals surface area contributed by atoms with Crippen molar-refractivity contribution in [2.45, 2.75) is 18.2 Å². The van der Waals surface area contributed by atoms with E-state index < -0.39 is 10.0 Å². The predicted molar refractivity (Wildman–Crippen MR) is 91.5 cm³/mol. The molecule has 0 unspecified atom stereocenters. The van der Waals surface area contributed by atoms with E-state index in [9.17, 15) is 8.42 Å². The molecule has 1 aliphatic heterocycles. The molecule has 23 heavy (non-hydrogen) atoms. The van der Waals surface area contributed by atoms with Crippen LogP contribution in [0, 0.1) is 0 Å². The van der Waals surface area contributed by atoms with Crippen LogP contribution in [-0.2, 0) is 14.8 Å². The molecule has 2 N–H and O–H groups in total. The van der Waals surface area contributed by atoms with Gasteiger partial charge in [-0.05, 0) is 25.1 Å². The summed E-state index contributed by atoms with van der Waals surface area (Å²) in [6, 6.07) is 5.01. The van der Waals surface area contributed by atoms with Gasteiger partial charge in [0.05, 0.1) is 26.4 Å². The van der Waals surface area contributed by atoms with Crippen LogP contribution in [0.1, 0.15) is 13.3 Å². The zero-order valence-corrected chi connectivity index (χ0v) is 15.7. The van der Waals surface area contributed by atoms with E-state index in [0.717, 1.165) is 39.3 Å². The molecule has 1 aliphatic rings. The Morgan fingerprint density at radius 2 is 2.09 bits per heavy atom. The number of hydrogen-bond donors (Lipinski definition) is 2. The standard InChI is InChI=1S/C15H23BrN2O4S/c1-2-22-14-5-4-13(16)12-15(14)23(19,20)17-6-3-7-18-8-10-21-11-9-18/h4-5,12,17H,2-3,6-11H2,1H3/p+1. The summed E-state index contributed by atoms with van der Waals surface area (Å²) >= 11 is 3.31. The average molecular weight is 408 g/mol. The molecule has 0 saturated carbocycles. The Morgan fingerprint density at radius 1 is 1.35 bits per heavy atom. The van der Waals surface area contributed by atoms with Crippen molar-refractivity contribution in [2.24, 2.45) is 0 Å². The maximum absolute atomic E-state index is 12.5. The van der Waals surface area contributed by atoms with Crippen LogP contribution in [0.15, 0.2) is 27.6 Å². The van der Waals surface area contributed by atoms with Gasteiger partial charge in [0.15, 0.2) is 0 Å². The predicted octanol–water partition coefficient (Wildman–Crippen LogP) is 0.431. The maximum Gasteiger partial charge on any atom is 0.244 e. The topological polar surface area (TPSA) is 69.1 Å². The fourth-order valence-electron chi connectivity index (χ4n) is 2.50. The highest BCUT2D eigenvalue weighted by molar-refractivity contribution is 9.10. The third kappa shape index (κ3) is 5.72. The molecule has 0 radical (unpaired) electrons. The zero-order valence-electron chi connectivity index (χ0n) is 13.3. The third-order valence-electron chi connectivity index (χ3n) is 3.69. The molecular formula is C15H24BrN2O4S+. The molecule has 0 aromatic heterocycles. The van der Waals surface area contributed by atoms with Crippen molar-refractivity contribution < 1.29 is 22.8 Å². The molecule has 1 saturated heterocycles. The van der Waals surface area contributed by atoms with Gasteiger partial charge in [0, 0.05) is 17.4 Å². The first kappa shape index (κ1) is 18.7. The second-order valence-corrected chi connectivity index (χ2v) is 8.04. The minimum absolute atomic E-state index is 0.174. The summed E-state index contributed by atoms with van der Waals surface area (Å²) in [7, 11) is -3.58. The van der Waals surface area contributed by atoms with E-state index in [2.05, 4.69) is 20.7 Å². The summed E-state index contributed by atoms with van der Waals surface area (Å²) in [5.74, 6) is 0.377. The van der Waals surface area contributed by atoms with Crippen LogP contribution < -0.4 is 14.4 Å². The Balaban J connectivity index is 1.91. The molecule has 1 heterocycles. The molecule has 0 aliphatic carbocycles. The van der Waals surface area contributed by atoms with Gasteiger partial charge in [-0.15, -0.1) is 0 Å². The maximum atomic E-state index is 12.5. The first-order valence-corrected chi connectivity index (χ1v) is 10.1. The molecule has 1 aromatic carbocycles. The molecule has 0 atom stereocenters. The molecule has 6 nitrogen and oxygen atoms in total. The first-order valence-electron chi connectivity index (χ1n) is 7.86. The lowest BCUT2D eigenvalue weighted by Gasteiger charge is -2.23. The number of hydrogen-bond acceptors (Lipinski definition) is 4. The Kier molecular flexibility index (Phi) is 7.29. The van der Waals surface area contributed by atoms with E-state index in [0.29, 0.717) is 23.4 Å². The van der Waals surface area contributed by atoms with E-state index in [4.69, 9.17) is 9.47 Å². The quantitative estimate of drug-likeness (QED) is 0.613. The highest BCUT2D eigenvalue weighted by Crippen LogP contribution is 2.27. The normalized spacial score (nSPS) is 16.4. The van der Waals surface area contributed by atoms with Gasteiger partial charge in [0.25, 0.3) is 0 Å². The highest BCUT2D eigenvalue weighted by Gasteiger charge is 2.20. The lowest BCUT2D eigenvalue weighted by molar-refractivity contribution is -0.908. The van der Waals surface area contributed by atoms with Crippen LogP contribution in [0.5, 0.6) is 5.75 Å². The summed E-state index contributed by atoms with van der Waals surface area (Å²) in [5, 5.41) is 0. The van der Waals surface area contributed by atoms with Gasteiger partial charge in [-0.3, -0.25) is 0 Å². The van der Waals surface area contributed by atoms with Gasteiger partial charge in [-0.2, -0.15) is 0 Å². The van der Waals surface area contributed by atoms with Crippen molar-refractivity contribution in [1.29, 1.82) is 0 Å².